The number of carboxylic acid groups (broad SMARTS) is 1. The van der Waals surface area contributed by atoms with Crippen LogP contribution in [0.3, 0.4) is 0 Å². The summed E-state index contributed by atoms with van der Waals surface area (Å²) < 4.78 is 0. The van der Waals surface area contributed by atoms with Gasteiger partial charge in [0.1, 0.15) is 6.04 Å². The number of allylic oxidation sites excluding steroid dienone is 1. The highest BCUT2D eigenvalue weighted by atomic mass is 16.4. The first-order chi connectivity index (χ1) is 5.63. The molecule has 1 unspecified atom stereocenters. The Balaban J connectivity index is 4.07. The molecule has 0 aromatic rings. The Kier molecular flexibility index (Phi) is 5.32. The Morgan fingerprint density at radius 1 is 1.67 bits per heavy atom. The zero-order valence-electron chi connectivity index (χ0n) is 7.07. The first-order valence-electron chi connectivity index (χ1n) is 3.92. The number of hydrogen-bond donors (Lipinski definition) is 3. The van der Waals surface area contributed by atoms with E-state index in [1.807, 2.05) is 0 Å². The highest BCUT2D eigenvalue weighted by molar-refractivity contribution is 5.73. The molecule has 0 radical (unpaired) electrons. The third-order valence-electron chi connectivity index (χ3n) is 1.80. The normalized spacial score (nSPS) is 15.2. The maximum Gasteiger partial charge on any atom is 0.320 e. The summed E-state index contributed by atoms with van der Waals surface area (Å²) >= 11 is 0. The van der Waals surface area contributed by atoms with Crippen molar-refractivity contribution in [1.82, 2.24) is 0 Å². The summed E-state index contributed by atoms with van der Waals surface area (Å²) in [5.74, 6) is -1.07. The Morgan fingerprint density at radius 2 is 2.25 bits per heavy atom. The maximum atomic E-state index is 10.5. The van der Waals surface area contributed by atoms with Gasteiger partial charge in [0.15, 0.2) is 0 Å². The number of hydrogen-bond acceptors (Lipinski definition) is 3. The molecule has 0 aliphatic heterocycles. The molecule has 0 aromatic heterocycles. The number of aliphatic carboxylic acids is 1. The van der Waals surface area contributed by atoms with E-state index in [0.717, 1.165) is 0 Å². The summed E-state index contributed by atoms with van der Waals surface area (Å²) in [6.07, 6.45) is 2.90. The van der Waals surface area contributed by atoms with Gasteiger partial charge in [0.05, 0.1) is 0 Å². The fraction of sp³-hybridized carbons (Fsp3) is 0.625. The molecule has 0 heterocycles. The standard InChI is InChI=1S/C8H16N2O2/c1-2-3-6(4-5-9)7(10)8(11)12/h2,6-7H,1,3-5,9-10H2,(H,11,12)/t6?,7-/m0/s1. The Hall–Kier alpha value is -0.870. The van der Waals surface area contributed by atoms with Crippen LogP contribution in [0.15, 0.2) is 12.7 Å². The van der Waals surface area contributed by atoms with Crippen LogP contribution < -0.4 is 11.5 Å². The molecule has 0 bridgehead atoms. The van der Waals surface area contributed by atoms with Crippen molar-refractivity contribution in [3.05, 3.63) is 12.7 Å². The lowest BCUT2D eigenvalue weighted by Crippen LogP contribution is -2.38. The van der Waals surface area contributed by atoms with Crippen LogP contribution >= 0.6 is 0 Å². The van der Waals surface area contributed by atoms with E-state index in [1.54, 1.807) is 6.08 Å². The molecular weight excluding hydrogens is 156 g/mol. The van der Waals surface area contributed by atoms with Gasteiger partial charge in [-0.2, -0.15) is 0 Å². The molecule has 0 spiro atoms. The first-order valence-corrected chi connectivity index (χ1v) is 3.92. The van der Waals surface area contributed by atoms with Gasteiger partial charge in [-0.25, -0.2) is 0 Å². The smallest absolute Gasteiger partial charge is 0.320 e. The van der Waals surface area contributed by atoms with Crippen LogP contribution in [0.25, 0.3) is 0 Å². The average Bonchev–Trinajstić information content (AvgIpc) is 2.03. The molecule has 70 valence electrons. The van der Waals surface area contributed by atoms with Crippen molar-refractivity contribution in [2.75, 3.05) is 6.54 Å². The van der Waals surface area contributed by atoms with E-state index < -0.39 is 12.0 Å². The highest BCUT2D eigenvalue weighted by Gasteiger charge is 2.21. The minimum atomic E-state index is -0.977. The molecule has 5 N–H and O–H groups in total. The molecule has 12 heavy (non-hydrogen) atoms. The van der Waals surface area contributed by atoms with E-state index >= 15 is 0 Å². The second-order valence-electron chi connectivity index (χ2n) is 2.73. The molecule has 0 aliphatic carbocycles. The largest absolute Gasteiger partial charge is 0.480 e. The minimum absolute atomic E-state index is 0.0926. The van der Waals surface area contributed by atoms with E-state index in [2.05, 4.69) is 6.58 Å². The van der Waals surface area contributed by atoms with Gasteiger partial charge in [-0.15, -0.1) is 6.58 Å². The summed E-state index contributed by atoms with van der Waals surface area (Å²) in [7, 11) is 0. The molecule has 0 rings (SSSR count). The number of rotatable bonds is 6. The zero-order valence-corrected chi connectivity index (χ0v) is 7.07. The van der Waals surface area contributed by atoms with Crippen LogP contribution in [0.5, 0.6) is 0 Å². The van der Waals surface area contributed by atoms with Crippen LogP contribution in [0, 0.1) is 5.92 Å². The molecule has 0 amide bonds. The monoisotopic (exact) mass is 172 g/mol. The number of carboxylic acids is 1. The predicted octanol–water partition coefficient (Wildman–Crippen LogP) is -0.0606. The van der Waals surface area contributed by atoms with Crippen LogP contribution in [-0.4, -0.2) is 23.7 Å². The number of carbonyl (C=O) groups is 1. The van der Waals surface area contributed by atoms with E-state index in [9.17, 15) is 4.79 Å². The van der Waals surface area contributed by atoms with Crippen molar-refractivity contribution in [3.63, 3.8) is 0 Å². The quantitative estimate of drug-likeness (QED) is 0.490. The minimum Gasteiger partial charge on any atom is -0.480 e. The fourth-order valence-electron chi connectivity index (χ4n) is 1.07. The van der Waals surface area contributed by atoms with E-state index in [-0.39, 0.29) is 5.92 Å². The summed E-state index contributed by atoms with van der Waals surface area (Å²) in [6.45, 7) is 3.99. The third-order valence-corrected chi connectivity index (χ3v) is 1.80. The third kappa shape index (κ3) is 3.50. The lowest BCUT2D eigenvalue weighted by Gasteiger charge is -2.17. The van der Waals surface area contributed by atoms with Gasteiger partial charge >= 0.3 is 5.97 Å². The molecule has 0 aliphatic rings. The molecule has 4 nitrogen and oxygen atoms in total. The second-order valence-corrected chi connectivity index (χ2v) is 2.73. The molecule has 0 saturated carbocycles. The van der Waals surface area contributed by atoms with Crippen molar-refractivity contribution in [3.8, 4) is 0 Å². The van der Waals surface area contributed by atoms with Gasteiger partial charge in [-0.3, -0.25) is 4.79 Å². The maximum absolute atomic E-state index is 10.5. The SMILES string of the molecule is C=CCC(CCN)[C@H](N)C(=O)O. The molecular formula is C8H16N2O2. The fourth-order valence-corrected chi connectivity index (χ4v) is 1.07. The van der Waals surface area contributed by atoms with Crippen LogP contribution in [-0.2, 0) is 4.79 Å². The highest BCUT2D eigenvalue weighted by Crippen LogP contribution is 2.12. The lowest BCUT2D eigenvalue weighted by atomic mass is 9.93. The summed E-state index contributed by atoms with van der Waals surface area (Å²) in [4.78, 5) is 10.5. The van der Waals surface area contributed by atoms with Crippen molar-refractivity contribution in [1.29, 1.82) is 0 Å². The zero-order chi connectivity index (χ0) is 9.56. The molecule has 0 aromatic carbocycles. The average molecular weight is 172 g/mol. The van der Waals surface area contributed by atoms with E-state index in [0.29, 0.717) is 19.4 Å². The van der Waals surface area contributed by atoms with Crippen LogP contribution in [0.2, 0.25) is 0 Å². The Bertz CT molecular complexity index is 159. The first kappa shape index (κ1) is 11.1. The predicted molar refractivity (Wildman–Crippen MR) is 47.6 cm³/mol. The van der Waals surface area contributed by atoms with Crippen LogP contribution in [0.1, 0.15) is 12.8 Å². The second kappa shape index (κ2) is 5.74. The molecule has 4 heteroatoms. The van der Waals surface area contributed by atoms with Gasteiger partial charge in [0, 0.05) is 0 Å². The summed E-state index contributed by atoms with van der Waals surface area (Å²) in [6, 6.07) is -0.827. The topological polar surface area (TPSA) is 89.3 Å². The van der Waals surface area contributed by atoms with Crippen molar-refractivity contribution >= 4 is 5.97 Å². The van der Waals surface area contributed by atoms with Gasteiger partial charge in [0.2, 0.25) is 0 Å². The van der Waals surface area contributed by atoms with Crippen molar-refractivity contribution in [2.24, 2.45) is 17.4 Å². The van der Waals surface area contributed by atoms with E-state index in [1.165, 1.54) is 0 Å². The Labute approximate surface area is 72.2 Å². The molecule has 0 fully saturated rings. The summed E-state index contributed by atoms with van der Waals surface area (Å²) in [5, 5.41) is 8.61. The van der Waals surface area contributed by atoms with Crippen molar-refractivity contribution in [2.45, 2.75) is 18.9 Å². The molecule has 2 atom stereocenters. The summed E-state index contributed by atoms with van der Waals surface area (Å²) in [5.41, 5.74) is 10.7. The number of nitrogens with two attached hydrogens (primary N) is 2. The molecule has 0 saturated heterocycles. The van der Waals surface area contributed by atoms with Gasteiger partial charge in [0.25, 0.3) is 0 Å². The van der Waals surface area contributed by atoms with E-state index in [4.69, 9.17) is 16.6 Å². The van der Waals surface area contributed by atoms with Gasteiger partial charge in [-0.05, 0) is 25.3 Å². The van der Waals surface area contributed by atoms with Gasteiger partial charge < -0.3 is 16.6 Å². The lowest BCUT2D eigenvalue weighted by molar-refractivity contribution is -0.139. The van der Waals surface area contributed by atoms with Crippen LogP contribution in [0.4, 0.5) is 0 Å². The Morgan fingerprint density at radius 3 is 2.58 bits per heavy atom. The van der Waals surface area contributed by atoms with Crippen molar-refractivity contribution < 1.29 is 9.90 Å². The van der Waals surface area contributed by atoms with Gasteiger partial charge in [-0.1, -0.05) is 6.08 Å².